The summed E-state index contributed by atoms with van der Waals surface area (Å²) in [7, 11) is 0. The monoisotopic (exact) mass is 349 g/mol. The highest BCUT2D eigenvalue weighted by Gasteiger charge is 2.30. The number of hydrogen-bond acceptors (Lipinski definition) is 3. The lowest BCUT2D eigenvalue weighted by Gasteiger charge is -2.27. The molecule has 0 saturated carbocycles. The molecule has 5 heteroatoms. The second-order valence-electron chi connectivity index (χ2n) is 6.61. The van der Waals surface area contributed by atoms with Gasteiger partial charge in [-0.3, -0.25) is 0 Å². The van der Waals surface area contributed by atoms with Crippen molar-refractivity contribution in [2.24, 2.45) is 0 Å². The summed E-state index contributed by atoms with van der Waals surface area (Å²) in [5, 5.41) is 22.1. The molecule has 3 rings (SSSR count). The summed E-state index contributed by atoms with van der Waals surface area (Å²) in [6, 6.07) is 18.9. The lowest BCUT2D eigenvalue weighted by Crippen LogP contribution is -2.39. The Hall–Kier alpha value is -2.84. The molecule has 5 nitrogen and oxygen atoms in total. The van der Waals surface area contributed by atoms with E-state index in [1.54, 1.807) is 0 Å². The van der Waals surface area contributed by atoms with Crippen molar-refractivity contribution in [3.05, 3.63) is 65.7 Å². The van der Waals surface area contributed by atoms with E-state index in [2.05, 4.69) is 11.4 Å². The molecule has 0 bridgehead atoms. The van der Waals surface area contributed by atoms with E-state index in [4.69, 9.17) is 5.26 Å². The molecule has 1 fully saturated rings. The highest BCUT2D eigenvalue weighted by Crippen LogP contribution is 2.28. The highest BCUT2D eigenvalue weighted by molar-refractivity contribution is 5.89. The number of anilines is 1. The van der Waals surface area contributed by atoms with Crippen LogP contribution in [0.15, 0.2) is 54.6 Å². The van der Waals surface area contributed by atoms with Gasteiger partial charge in [-0.05, 0) is 42.5 Å². The zero-order chi connectivity index (χ0) is 18.4. The predicted molar refractivity (Wildman–Crippen MR) is 101 cm³/mol. The largest absolute Gasteiger partial charge is 0.388 e. The lowest BCUT2D eigenvalue weighted by molar-refractivity contribution is 0.130. The van der Waals surface area contributed by atoms with Gasteiger partial charge in [0.2, 0.25) is 0 Å². The minimum Gasteiger partial charge on any atom is -0.388 e. The van der Waals surface area contributed by atoms with Gasteiger partial charge in [-0.1, -0.05) is 42.5 Å². The van der Waals surface area contributed by atoms with Crippen LogP contribution in [0.5, 0.6) is 0 Å². The van der Waals surface area contributed by atoms with Gasteiger partial charge in [-0.25, -0.2) is 4.79 Å². The first kappa shape index (κ1) is 18.0. The number of rotatable bonds is 5. The topological polar surface area (TPSA) is 76.4 Å². The first-order chi connectivity index (χ1) is 12.7. The fourth-order valence-corrected chi connectivity index (χ4v) is 3.41. The van der Waals surface area contributed by atoms with Gasteiger partial charge in [0.15, 0.2) is 0 Å². The fraction of sp³-hybridized carbons (Fsp3) is 0.333. The number of nitrogens with one attached hydrogen (secondary N) is 1. The van der Waals surface area contributed by atoms with E-state index in [-0.39, 0.29) is 12.1 Å². The molecular formula is C21H23N3O2. The molecule has 0 aliphatic carbocycles. The predicted octanol–water partition coefficient (Wildman–Crippen LogP) is 3.87. The fourth-order valence-electron chi connectivity index (χ4n) is 3.41. The standard InChI is InChI=1S/C21H23N3O2/c22-13-12-16-8-10-18(11-9-16)23-21(26)24-14-4-7-19(24)15-20(25)17-5-2-1-3-6-17/h1-3,5-6,8-11,19-20,25H,4,7,12,14-15H2,(H,23,26)/t19-,20-/m1/s1. The number of amides is 2. The third-order valence-electron chi connectivity index (χ3n) is 4.81. The number of nitrogens with zero attached hydrogens (tertiary/aromatic N) is 2. The van der Waals surface area contributed by atoms with Gasteiger partial charge in [-0.15, -0.1) is 0 Å². The first-order valence-electron chi connectivity index (χ1n) is 8.94. The maximum absolute atomic E-state index is 12.6. The Morgan fingerprint density at radius 1 is 1.23 bits per heavy atom. The van der Waals surface area contributed by atoms with Crippen LogP contribution in [0.25, 0.3) is 0 Å². The average Bonchev–Trinajstić information content (AvgIpc) is 3.12. The van der Waals surface area contributed by atoms with Gasteiger partial charge in [0.05, 0.1) is 18.6 Å². The molecule has 1 heterocycles. The molecule has 0 aromatic heterocycles. The van der Waals surface area contributed by atoms with E-state index in [0.717, 1.165) is 24.0 Å². The van der Waals surface area contributed by atoms with Crippen LogP contribution in [-0.4, -0.2) is 28.6 Å². The molecule has 2 amide bonds. The van der Waals surface area contributed by atoms with Gasteiger partial charge >= 0.3 is 6.03 Å². The summed E-state index contributed by atoms with van der Waals surface area (Å²) < 4.78 is 0. The second-order valence-corrected chi connectivity index (χ2v) is 6.61. The van der Waals surface area contributed by atoms with Crippen LogP contribution in [-0.2, 0) is 6.42 Å². The molecule has 2 aromatic rings. The maximum Gasteiger partial charge on any atom is 0.322 e. The number of urea groups is 1. The van der Waals surface area contributed by atoms with Crippen molar-refractivity contribution in [3.8, 4) is 6.07 Å². The molecular weight excluding hydrogens is 326 g/mol. The quantitative estimate of drug-likeness (QED) is 0.860. The van der Waals surface area contributed by atoms with Crippen LogP contribution in [0, 0.1) is 11.3 Å². The minimum absolute atomic E-state index is 0.0306. The van der Waals surface area contributed by atoms with Crippen molar-refractivity contribution >= 4 is 11.7 Å². The molecule has 0 radical (unpaired) electrons. The Morgan fingerprint density at radius 2 is 1.96 bits per heavy atom. The number of carbonyl (C=O) groups excluding carboxylic acids is 1. The smallest absolute Gasteiger partial charge is 0.322 e. The van der Waals surface area contributed by atoms with Crippen molar-refractivity contribution in [2.75, 3.05) is 11.9 Å². The zero-order valence-corrected chi connectivity index (χ0v) is 14.6. The van der Waals surface area contributed by atoms with Crippen LogP contribution < -0.4 is 5.32 Å². The Balaban J connectivity index is 1.60. The molecule has 26 heavy (non-hydrogen) atoms. The second kappa shape index (κ2) is 8.50. The summed E-state index contributed by atoms with van der Waals surface area (Å²) in [6.07, 6.45) is 2.18. The van der Waals surface area contributed by atoms with Crippen LogP contribution in [0.3, 0.4) is 0 Å². The highest BCUT2D eigenvalue weighted by atomic mass is 16.3. The van der Waals surface area contributed by atoms with Crippen LogP contribution >= 0.6 is 0 Å². The minimum atomic E-state index is -0.570. The van der Waals surface area contributed by atoms with E-state index in [1.165, 1.54) is 0 Å². The summed E-state index contributed by atoms with van der Waals surface area (Å²) in [5.74, 6) is 0. The normalized spacial score (nSPS) is 17.5. The van der Waals surface area contributed by atoms with E-state index in [1.807, 2.05) is 59.5 Å². The number of nitriles is 1. The van der Waals surface area contributed by atoms with Crippen molar-refractivity contribution in [3.63, 3.8) is 0 Å². The summed E-state index contributed by atoms with van der Waals surface area (Å²) >= 11 is 0. The molecule has 134 valence electrons. The van der Waals surface area contributed by atoms with E-state index in [9.17, 15) is 9.90 Å². The van der Waals surface area contributed by atoms with E-state index >= 15 is 0 Å². The maximum atomic E-state index is 12.6. The number of aliphatic hydroxyl groups excluding tert-OH is 1. The Morgan fingerprint density at radius 3 is 2.65 bits per heavy atom. The summed E-state index contributed by atoms with van der Waals surface area (Å²) in [5.41, 5.74) is 2.52. The lowest BCUT2D eigenvalue weighted by atomic mass is 10.0. The average molecular weight is 349 g/mol. The molecule has 2 aromatic carbocycles. The number of likely N-dealkylation sites (tertiary alicyclic amines) is 1. The van der Waals surface area contributed by atoms with Crippen molar-refractivity contribution in [2.45, 2.75) is 37.8 Å². The number of carbonyl (C=O) groups is 1. The van der Waals surface area contributed by atoms with Gasteiger partial charge in [0.25, 0.3) is 0 Å². The Kier molecular flexibility index (Phi) is 5.88. The van der Waals surface area contributed by atoms with E-state index in [0.29, 0.717) is 25.1 Å². The number of aliphatic hydroxyl groups is 1. The van der Waals surface area contributed by atoms with Gasteiger partial charge < -0.3 is 15.3 Å². The SMILES string of the molecule is N#CCc1ccc(NC(=O)N2CCC[C@@H]2C[C@@H](O)c2ccccc2)cc1. The van der Waals surface area contributed by atoms with E-state index < -0.39 is 6.10 Å². The van der Waals surface area contributed by atoms with Crippen molar-refractivity contribution in [1.82, 2.24) is 4.90 Å². The number of hydrogen-bond donors (Lipinski definition) is 2. The molecule has 1 saturated heterocycles. The zero-order valence-electron chi connectivity index (χ0n) is 14.6. The van der Waals surface area contributed by atoms with Crippen molar-refractivity contribution in [1.29, 1.82) is 5.26 Å². The third kappa shape index (κ3) is 4.41. The summed E-state index contributed by atoms with van der Waals surface area (Å²) in [4.78, 5) is 14.4. The molecule has 1 aliphatic rings. The van der Waals surface area contributed by atoms with Gasteiger partial charge in [0, 0.05) is 18.3 Å². The van der Waals surface area contributed by atoms with Gasteiger partial charge in [0.1, 0.15) is 0 Å². The molecule has 1 aliphatic heterocycles. The van der Waals surface area contributed by atoms with Gasteiger partial charge in [-0.2, -0.15) is 5.26 Å². The number of benzene rings is 2. The Bertz CT molecular complexity index is 768. The molecule has 0 unspecified atom stereocenters. The molecule has 0 spiro atoms. The Labute approximate surface area is 153 Å². The van der Waals surface area contributed by atoms with Crippen molar-refractivity contribution < 1.29 is 9.90 Å². The van der Waals surface area contributed by atoms with Crippen LogP contribution in [0.2, 0.25) is 0 Å². The first-order valence-corrected chi connectivity index (χ1v) is 8.94. The molecule has 2 atom stereocenters. The molecule has 2 N–H and O–H groups in total. The van der Waals surface area contributed by atoms with Crippen LogP contribution in [0.1, 0.15) is 36.5 Å². The van der Waals surface area contributed by atoms with Crippen LogP contribution in [0.4, 0.5) is 10.5 Å². The summed E-state index contributed by atoms with van der Waals surface area (Å²) in [6.45, 7) is 0.699. The third-order valence-corrected chi connectivity index (χ3v) is 4.81.